The Morgan fingerprint density at radius 2 is 2.05 bits per heavy atom. The standard InChI is InChI=1S/C12H16N2O4S/c1-7-4-5-9(19-7)11(16)13-6-10(15)14-8(2)12(17)18-3/h4-5,8H,6H2,1-3H3,(H,13,16)(H,14,15)/t8-/m1/s1. The summed E-state index contributed by atoms with van der Waals surface area (Å²) in [7, 11) is 1.24. The van der Waals surface area contributed by atoms with Crippen molar-refractivity contribution in [3.05, 3.63) is 21.9 Å². The van der Waals surface area contributed by atoms with E-state index in [0.717, 1.165) is 4.88 Å². The Kier molecular flexibility index (Phi) is 5.50. The van der Waals surface area contributed by atoms with E-state index in [1.54, 1.807) is 6.07 Å². The Morgan fingerprint density at radius 3 is 2.58 bits per heavy atom. The topological polar surface area (TPSA) is 84.5 Å². The molecule has 0 aliphatic rings. The minimum Gasteiger partial charge on any atom is -0.467 e. The molecule has 1 aromatic rings. The lowest BCUT2D eigenvalue weighted by Gasteiger charge is -2.11. The second-order valence-electron chi connectivity index (χ2n) is 3.91. The summed E-state index contributed by atoms with van der Waals surface area (Å²) in [6, 6.07) is 2.79. The Hall–Kier alpha value is -1.89. The van der Waals surface area contributed by atoms with Crippen molar-refractivity contribution in [2.75, 3.05) is 13.7 Å². The van der Waals surface area contributed by atoms with Crippen LogP contribution in [-0.4, -0.2) is 37.5 Å². The molecule has 0 aromatic carbocycles. The monoisotopic (exact) mass is 284 g/mol. The van der Waals surface area contributed by atoms with Crippen LogP contribution in [0.1, 0.15) is 21.5 Å². The average molecular weight is 284 g/mol. The van der Waals surface area contributed by atoms with Gasteiger partial charge in [0, 0.05) is 4.88 Å². The fourth-order valence-corrected chi connectivity index (χ4v) is 2.12. The first-order chi connectivity index (χ1) is 8.93. The number of ether oxygens (including phenoxy) is 1. The summed E-state index contributed by atoms with van der Waals surface area (Å²) in [4.78, 5) is 35.8. The molecular weight excluding hydrogens is 268 g/mol. The molecule has 1 rings (SSSR count). The second-order valence-corrected chi connectivity index (χ2v) is 5.19. The number of esters is 1. The summed E-state index contributed by atoms with van der Waals surface area (Å²) in [6.45, 7) is 3.22. The van der Waals surface area contributed by atoms with Gasteiger partial charge in [-0.1, -0.05) is 0 Å². The van der Waals surface area contributed by atoms with Crippen molar-refractivity contribution in [3.63, 3.8) is 0 Å². The van der Waals surface area contributed by atoms with E-state index in [-0.39, 0.29) is 12.5 Å². The summed E-state index contributed by atoms with van der Waals surface area (Å²) >= 11 is 1.35. The molecule has 1 aromatic heterocycles. The van der Waals surface area contributed by atoms with Crippen molar-refractivity contribution in [2.45, 2.75) is 19.9 Å². The molecule has 0 unspecified atom stereocenters. The highest BCUT2D eigenvalue weighted by Gasteiger charge is 2.16. The third-order valence-electron chi connectivity index (χ3n) is 2.31. The first-order valence-corrected chi connectivity index (χ1v) is 6.47. The maximum Gasteiger partial charge on any atom is 0.328 e. The maximum absolute atomic E-state index is 11.7. The van der Waals surface area contributed by atoms with Gasteiger partial charge in [-0.25, -0.2) is 4.79 Å². The quantitative estimate of drug-likeness (QED) is 0.770. The molecule has 2 N–H and O–H groups in total. The predicted octanol–water partition coefficient (Wildman–Crippen LogP) is 0.464. The van der Waals surface area contributed by atoms with Crippen molar-refractivity contribution in [3.8, 4) is 0 Å². The molecule has 0 fully saturated rings. The summed E-state index contributed by atoms with van der Waals surface area (Å²) in [6.07, 6.45) is 0. The predicted molar refractivity (Wildman–Crippen MR) is 71.0 cm³/mol. The maximum atomic E-state index is 11.7. The van der Waals surface area contributed by atoms with Crippen LogP contribution in [0.4, 0.5) is 0 Å². The van der Waals surface area contributed by atoms with Crippen LogP contribution in [0.15, 0.2) is 12.1 Å². The molecule has 104 valence electrons. The molecule has 0 aliphatic carbocycles. The zero-order valence-electron chi connectivity index (χ0n) is 11.0. The molecular formula is C12H16N2O4S. The van der Waals surface area contributed by atoms with Gasteiger partial charge in [0.2, 0.25) is 5.91 Å². The van der Waals surface area contributed by atoms with Gasteiger partial charge in [-0.3, -0.25) is 9.59 Å². The zero-order valence-corrected chi connectivity index (χ0v) is 11.8. The van der Waals surface area contributed by atoms with Crippen LogP contribution in [0.2, 0.25) is 0 Å². The van der Waals surface area contributed by atoms with Crippen LogP contribution in [0.3, 0.4) is 0 Å². The SMILES string of the molecule is COC(=O)[C@@H](C)NC(=O)CNC(=O)c1ccc(C)s1. The molecule has 7 heteroatoms. The minimum atomic E-state index is -0.738. The molecule has 0 aliphatic heterocycles. The van der Waals surface area contributed by atoms with Crippen LogP contribution in [0.5, 0.6) is 0 Å². The highest BCUT2D eigenvalue weighted by molar-refractivity contribution is 7.13. The molecule has 0 saturated heterocycles. The highest BCUT2D eigenvalue weighted by atomic mass is 32.1. The van der Waals surface area contributed by atoms with Gasteiger partial charge in [0.1, 0.15) is 6.04 Å². The van der Waals surface area contributed by atoms with Crippen LogP contribution in [0, 0.1) is 6.92 Å². The van der Waals surface area contributed by atoms with Crippen LogP contribution in [-0.2, 0) is 14.3 Å². The van der Waals surface area contributed by atoms with E-state index in [2.05, 4.69) is 15.4 Å². The van der Waals surface area contributed by atoms with Gasteiger partial charge >= 0.3 is 5.97 Å². The van der Waals surface area contributed by atoms with E-state index in [1.807, 2.05) is 13.0 Å². The van der Waals surface area contributed by atoms with E-state index in [9.17, 15) is 14.4 Å². The van der Waals surface area contributed by atoms with Gasteiger partial charge in [0.25, 0.3) is 5.91 Å². The molecule has 0 bridgehead atoms. The third-order valence-corrected chi connectivity index (χ3v) is 3.31. The Balaban J connectivity index is 2.38. The van der Waals surface area contributed by atoms with Crippen molar-refractivity contribution in [2.24, 2.45) is 0 Å². The fraction of sp³-hybridized carbons (Fsp3) is 0.417. The molecule has 19 heavy (non-hydrogen) atoms. The molecule has 1 heterocycles. The van der Waals surface area contributed by atoms with Gasteiger partial charge in [0.05, 0.1) is 18.5 Å². The number of thiophene rings is 1. The number of carbonyl (C=O) groups is 3. The lowest BCUT2D eigenvalue weighted by Crippen LogP contribution is -2.44. The van der Waals surface area contributed by atoms with Gasteiger partial charge in [-0.15, -0.1) is 11.3 Å². The number of aryl methyl sites for hydroxylation is 1. The lowest BCUT2D eigenvalue weighted by molar-refractivity contribution is -0.144. The van der Waals surface area contributed by atoms with E-state index >= 15 is 0 Å². The number of amides is 2. The largest absolute Gasteiger partial charge is 0.467 e. The van der Waals surface area contributed by atoms with E-state index in [0.29, 0.717) is 4.88 Å². The molecule has 0 saturated carbocycles. The van der Waals surface area contributed by atoms with Gasteiger partial charge in [0.15, 0.2) is 0 Å². The average Bonchev–Trinajstić information content (AvgIpc) is 2.81. The number of nitrogens with one attached hydrogen (secondary N) is 2. The van der Waals surface area contributed by atoms with Gasteiger partial charge in [-0.05, 0) is 26.0 Å². The molecule has 0 spiro atoms. The summed E-state index contributed by atoms with van der Waals surface area (Å²) in [5, 5.41) is 4.90. The van der Waals surface area contributed by atoms with E-state index in [4.69, 9.17) is 0 Å². The number of methoxy groups -OCH3 is 1. The number of rotatable bonds is 5. The fourth-order valence-electron chi connectivity index (χ4n) is 1.33. The highest BCUT2D eigenvalue weighted by Crippen LogP contribution is 2.14. The Bertz CT molecular complexity index is 484. The molecule has 1 atom stereocenters. The Labute approximate surface area is 115 Å². The van der Waals surface area contributed by atoms with Crippen molar-refractivity contribution in [1.29, 1.82) is 0 Å². The summed E-state index contributed by atoms with van der Waals surface area (Å²) in [5.74, 6) is -1.29. The molecule has 2 amide bonds. The third kappa shape index (κ3) is 4.70. The minimum absolute atomic E-state index is 0.183. The number of hydrogen-bond acceptors (Lipinski definition) is 5. The van der Waals surface area contributed by atoms with Crippen LogP contribution >= 0.6 is 11.3 Å². The van der Waals surface area contributed by atoms with E-state index < -0.39 is 17.9 Å². The first-order valence-electron chi connectivity index (χ1n) is 5.66. The van der Waals surface area contributed by atoms with Gasteiger partial charge in [-0.2, -0.15) is 0 Å². The van der Waals surface area contributed by atoms with E-state index in [1.165, 1.54) is 25.4 Å². The van der Waals surface area contributed by atoms with Crippen LogP contribution in [0.25, 0.3) is 0 Å². The summed E-state index contributed by atoms with van der Waals surface area (Å²) in [5.41, 5.74) is 0. The number of hydrogen-bond donors (Lipinski definition) is 2. The zero-order chi connectivity index (χ0) is 14.4. The molecule has 0 radical (unpaired) electrons. The number of carbonyl (C=O) groups excluding carboxylic acids is 3. The molecule has 6 nitrogen and oxygen atoms in total. The smallest absolute Gasteiger partial charge is 0.328 e. The van der Waals surface area contributed by atoms with Crippen molar-refractivity contribution in [1.82, 2.24) is 10.6 Å². The second kappa shape index (κ2) is 6.89. The normalized spacial score (nSPS) is 11.5. The van der Waals surface area contributed by atoms with Crippen molar-refractivity contribution < 1.29 is 19.1 Å². The first kappa shape index (κ1) is 15.2. The summed E-state index contributed by atoms with van der Waals surface area (Å²) < 4.78 is 4.47. The van der Waals surface area contributed by atoms with Gasteiger partial charge < -0.3 is 15.4 Å². The Morgan fingerprint density at radius 1 is 1.37 bits per heavy atom. The van der Waals surface area contributed by atoms with Crippen molar-refractivity contribution >= 4 is 29.1 Å². The lowest BCUT2D eigenvalue weighted by atomic mass is 10.3. The van der Waals surface area contributed by atoms with Crippen LogP contribution < -0.4 is 10.6 Å².